The van der Waals surface area contributed by atoms with Gasteiger partial charge in [0.15, 0.2) is 11.5 Å². The molecule has 2 N–H and O–H groups in total. The minimum absolute atomic E-state index is 0.207. The van der Waals surface area contributed by atoms with Gasteiger partial charge in [0.1, 0.15) is 0 Å². The lowest BCUT2D eigenvalue weighted by Crippen LogP contribution is -2.20. The van der Waals surface area contributed by atoms with Gasteiger partial charge in [-0.3, -0.25) is 0 Å². The van der Waals surface area contributed by atoms with Crippen LogP contribution < -0.4 is 15.2 Å². The Bertz CT molecular complexity index is 400. The van der Waals surface area contributed by atoms with E-state index in [1.54, 1.807) is 14.2 Å². The molecule has 102 valence electrons. The van der Waals surface area contributed by atoms with Crippen molar-refractivity contribution in [3.05, 3.63) is 23.3 Å². The highest BCUT2D eigenvalue weighted by molar-refractivity contribution is 5.47. The maximum absolute atomic E-state index is 5.66. The number of hydrogen-bond donors (Lipinski definition) is 1. The van der Waals surface area contributed by atoms with Gasteiger partial charge in [0.2, 0.25) is 0 Å². The van der Waals surface area contributed by atoms with Crippen LogP contribution in [0.4, 0.5) is 0 Å². The van der Waals surface area contributed by atoms with Gasteiger partial charge in [0, 0.05) is 0 Å². The summed E-state index contributed by atoms with van der Waals surface area (Å²) in [5.41, 5.74) is 8.40. The third-order valence-electron chi connectivity index (χ3n) is 3.33. The van der Waals surface area contributed by atoms with E-state index < -0.39 is 0 Å². The van der Waals surface area contributed by atoms with Gasteiger partial charge in [-0.05, 0) is 55.0 Å². The van der Waals surface area contributed by atoms with E-state index in [4.69, 9.17) is 15.2 Å². The SMILES string of the molecule is COc1cc(C)c(CC(C)(C)CCN)cc1OC. The molecule has 0 aliphatic carbocycles. The van der Waals surface area contributed by atoms with Crippen molar-refractivity contribution in [1.82, 2.24) is 0 Å². The molecule has 0 aliphatic rings. The molecule has 0 atom stereocenters. The Morgan fingerprint density at radius 3 is 2.17 bits per heavy atom. The van der Waals surface area contributed by atoms with Crippen molar-refractivity contribution in [1.29, 1.82) is 0 Å². The second kappa shape index (κ2) is 6.10. The maximum Gasteiger partial charge on any atom is 0.161 e. The van der Waals surface area contributed by atoms with Gasteiger partial charge >= 0.3 is 0 Å². The fourth-order valence-electron chi connectivity index (χ4n) is 2.21. The van der Waals surface area contributed by atoms with Crippen LogP contribution in [0.1, 0.15) is 31.4 Å². The fourth-order valence-corrected chi connectivity index (χ4v) is 2.21. The van der Waals surface area contributed by atoms with Crippen molar-refractivity contribution in [2.75, 3.05) is 20.8 Å². The molecule has 0 saturated carbocycles. The number of rotatable bonds is 6. The molecule has 3 heteroatoms. The molecule has 3 nitrogen and oxygen atoms in total. The second-order valence-electron chi connectivity index (χ2n) is 5.51. The van der Waals surface area contributed by atoms with Crippen LogP contribution in [0, 0.1) is 12.3 Å². The van der Waals surface area contributed by atoms with E-state index in [1.165, 1.54) is 11.1 Å². The van der Waals surface area contributed by atoms with Crippen LogP contribution in [-0.4, -0.2) is 20.8 Å². The Hall–Kier alpha value is -1.22. The lowest BCUT2D eigenvalue weighted by molar-refractivity contribution is 0.333. The first-order chi connectivity index (χ1) is 8.43. The highest BCUT2D eigenvalue weighted by atomic mass is 16.5. The van der Waals surface area contributed by atoms with Gasteiger partial charge in [-0.15, -0.1) is 0 Å². The smallest absolute Gasteiger partial charge is 0.161 e. The zero-order chi connectivity index (χ0) is 13.8. The topological polar surface area (TPSA) is 44.5 Å². The van der Waals surface area contributed by atoms with E-state index in [0.29, 0.717) is 0 Å². The van der Waals surface area contributed by atoms with Crippen molar-refractivity contribution >= 4 is 0 Å². The highest BCUT2D eigenvalue weighted by Crippen LogP contribution is 2.34. The zero-order valence-electron chi connectivity index (χ0n) is 12.2. The molecule has 0 radical (unpaired) electrons. The molecule has 0 fully saturated rings. The summed E-state index contributed by atoms with van der Waals surface area (Å²) >= 11 is 0. The van der Waals surface area contributed by atoms with Gasteiger partial charge in [-0.25, -0.2) is 0 Å². The molecule has 1 aromatic carbocycles. The zero-order valence-corrected chi connectivity index (χ0v) is 12.2. The minimum atomic E-state index is 0.207. The number of ether oxygens (including phenoxy) is 2. The van der Waals surface area contributed by atoms with Crippen molar-refractivity contribution in [2.24, 2.45) is 11.1 Å². The first kappa shape index (κ1) is 14.8. The lowest BCUT2D eigenvalue weighted by atomic mass is 9.81. The summed E-state index contributed by atoms with van der Waals surface area (Å²) in [6.45, 7) is 7.32. The number of nitrogens with two attached hydrogens (primary N) is 1. The monoisotopic (exact) mass is 251 g/mol. The molecule has 0 aromatic heterocycles. The van der Waals surface area contributed by atoms with Crippen LogP contribution in [0.15, 0.2) is 12.1 Å². The summed E-state index contributed by atoms with van der Waals surface area (Å²) in [7, 11) is 3.33. The van der Waals surface area contributed by atoms with E-state index in [1.807, 2.05) is 6.07 Å². The predicted molar refractivity (Wildman–Crippen MR) is 75.4 cm³/mol. The van der Waals surface area contributed by atoms with Crippen LogP contribution in [0.25, 0.3) is 0 Å². The van der Waals surface area contributed by atoms with Crippen LogP contribution in [0.2, 0.25) is 0 Å². The first-order valence-corrected chi connectivity index (χ1v) is 6.35. The Balaban J connectivity index is 3.02. The van der Waals surface area contributed by atoms with Crippen molar-refractivity contribution in [2.45, 2.75) is 33.6 Å². The van der Waals surface area contributed by atoms with Crippen molar-refractivity contribution < 1.29 is 9.47 Å². The molecule has 0 bridgehead atoms. The molecule has 1 rings (SSSR count). The maximum atomic E-state index is 5.66. The van der Waals surface area contributed by atoms with Crippen LogP contribution in [0.5, 0.6) is 11.5 Å². The normalized spacial score (nSPS) is 11.4. The lowest BCUT2D eigenvalue weighted by Gasteiger charge is -2.25. The predicted octanol–water partition coefficient (Wildman–Crippen LogP) is 2.93. The van der Waals surface area contributed by atoms with E-state index in [0.717, 1.165) is 30.9 Å². The largest absolute Gasteiger partial charge is 0.493 e. The number of aryl methyl sites for hydroxylation is 1. The standard InChI is InChI=1S/C15H25NO2/c1-11-8-13(17-4)14(18-5)9-12(11)10-15(2,3)6-7-16/h8-9H,6-7,10,16H2,1-5H3. The summed E-state index contributed by atoms with van der Waals surface area (Å²) in [6, 6.07) is 4.11. The third-order valence-corrected chi connectivity index (χ3v) is 3.33. The summed E-state index contributed by atoms with van der Waals surface area (Å²) in [5, 5.41) is 0. The first-order valence-electron chi connectivity index (χ1n) is 6.35. The van der Waals surface area contributed by atoms with Crippen LogP contribution >= 0.6 is 0 Å². The molecule has 0 aliphatic heterocycles. The Kier molecular flexibility index (Phi) is 5.03. The quantitative estimate of drug-likeness (QED) is 0.845. The van der Waals surface area contributed by atoms with Gasteiger partial charge < -0.3 is 15.2 Å². The van der Waals surface area contributed by atoms with Crippen molar-refractivity contribution in [3.8, 4) is 11.5 Å². The van der Waals surface area contributed by atoms with E-state index in [-0.39, 0.29) is 5.41 Å². The summed E-state index contributed by atoms with van der Waals surface area (Å²) in [4.78, 5) is 0. The van der Waals surface area contributed by atoms with Crippen molar-refractivity contribution in [3.63, 3.8) is 0 Å². The molecule has 18 heavy (non-hydrogen) atoms. The van der Waals surface area contributed by atoms with E-state index in [9.17, 15) is 0 Å². The van der Waals surface area contributed by atoms with Gasteiger partial charge in [-0.2, -0.15) is 0 Å². The third kappa shape index (κ3) is 3.64. The molecular formula is C15H25NO2. The molecule has 0 heterocycles. The highest BCUT2D eigenvalue weighted by Gasteiger charge is 2.20. The van der Waals surface area contributed by atoms with Gasteiger partial charge in [0.25, 0.3) is 0 Å². The van der Waals surface area contributed by atoms with Gasteiger partial charge in [-0.1, -0.05) is 13.8 Å². The van der Waals surface area contributed by atoms with E-state index in [2.05, 4.69) is 26.8 Å². The Labute approximate surface area is 110 Å². The molecule has 0 amide bonds. The number of methoxy groups -OCH3 is 2. The van der Waals surface area contributed by atoms with Crippen LogP contribution in [0.3, 0.4) is 0 Å². The minimum Gasteiger partial charge on any atom is -0.493 e. The Morgan fingerprint density at radius 1 is 1.11 bits per heavy atom. The summed E-state index contributed by atoms with van der Waals surface area (Å²) < 4.78 is 10.7. The van der Waals surface area contributed by atoms with E-state index >= 15 is 0 Å². The average Bonchev–Trinajstić information content (AvgIpc) is 2.30. The Morgan fingerprint density at radius 2 is 1.67 bits per heavy atom. The molecule has 0 spiro atoms. The number of benzene rings is 1. The fraction of sp³-hybridized carbons (Fsp3) is 0.600. The van der Waals surface area contributed by atoms with Gasteiger partial charge in [0.05, 0.1) is 14.2 Å². The summed E-state index contributed by atoms with van der Waals surface area (Å²) in [6.07, 6.45) is 2.01. The summed E-state index contributed by atoms with van der Waals surface area (Å²) in [5.74, 6) is 1.58. The number of hydrogen-bond acceptors (Lipinski definition) is 3. The van der Waals surface area contributed by atoms with Crippen LogP contribution in [-0.2, 0) is 6.42 Å². The molecule has 0 saturated heterocycles. The molecule has 1 aromatic rings. The molecular weight excluding hydrogens is 226 g/mol. The second-order valence-corrected chi connectivity index (χ2v) is 5.51. The average molecular weight is 251 g/mol. The molecule has 0 unspecified atom stereocenters.